The van der Waals surface area contributed by atoms with Crippen LogP contribution in [0.3, 0.4) is 0 Å². The molecule has 0 N–H and O–H groups in total. The van der Waals surface area contributed by atoms with Gasteiger partial charge in [0.25, 0.3) is 0 Å². The third kappa shape index (κ3) is 3.94. The lowest BCUT2D eigenvalue weighted by Gasteiger charge is -2.27. The number of ether oxygens (including phenoxy) is 7. The van der Waals surface area contributed by atoms with Crippen LogP contribution in [-0.4, -0.2) is 55.9 Å². The molecule has 7 nitrogen and oxygen atoms in total. The van der Waals surface area contributed by atoms with Gasteiger partial charge in [-0.05, 0) is 25.0 Å². The van der Waals surface area contributed by atoms with Crippen molar-refractivity contribution in [2.24, 2.45) is 0 Å². The summed E-state index contributed by atoms with van der Waals surface area (Å²) < 4.78 is 39.6. The first kappa shape index (κ1) is 22.9. The Morgan fingerprint density at radius 1 is 0.516 bits per heavy atom. The first-order valence-electron chi connectivity index (χ1n) is 10.2. The predicted molar refractivity (Wildman–Crippen MR) is 118 cm³/mol. The van der Waals surface area contributed by atoms with Crippen LogP contribution in [0, 0.1) is 0 Å². The minimum absolute atomic E-state index is 0.0843. The zero-order valence-corrected chi connectivity index (χ0v) is 19.3. The summed E-state index contributed by atoms with van der Waals surface area (Å²) in [5.74, 6) is 4.02. The zero-order valence-electron chi connectivity index (χ0n) is 19.3. The van der Waals surface area contributed by atoms with Crippen molar-refractivity contribution in [3.63, 3.8) is 0 Å². The molecule has 170 valence electrons. The maximum atomic E-state index is 6.05. The highest BCUT2D eigenvalue weighted by Crippen LogP contribution is 2.54. The smallest absolute Gasteiger partial charge is 0.203 e. The van der Waals surface area contributed by atoms with Crippen LogP contribution in [0.25, 0.3) is 0 Å². The van der Waals surface area contributed by atoms with Crippen molar-refractivity contribution in [3.05, 3.63) is 35.4 Å². The maximum Gasteiger partial charge on any atom is 0.203 e. The average molecular weight is 433 g/mol. The Kier molecular flexibility index (Phi) is 7.38. The third-order valence-electron chi connectivity index (χ3n) is 6.12. The summed E-state index contributed by atoms with van der Waals surface area (Å²) >= 11 is 0. The van der Waals surface area contributed by atoms with Gasteiger partial charge >= 0.3 is 0 Å². The summed E-state index contributed by atoms with van der Waals surface area (Å²) in [5, 5.41) is 0. The van der Waals surface area contributed by atoms with Crippen molar-refractivity contribution < 1.29 is 33.2 Å². The second-order valence-corrected chi connectivity index (χ2v) is 7.34. The molecule has 1 saturated carbocycles. The Morgan fingerprint density at radius 3 is 1.19 bits per heavy atom. The minimum atomic E-state index is -0.0843. The normalized spacial score (nSPS) is 20.3. The molecule has 0 radical (unpaired) electrons. The molecule has 1 aliphatic carbocycles. The average Bonchev–Trinajstić information content (AvgIpc) is 3.25. The molecule has 3 atom stereocenters. The summed E-state index contributed by atoms with van der Waals surface area (Å²) in [6.07, 6.45) is 1.76. The highest BCUT2D eigenvalue weighted by molar-refractivity contribution is 5.59. The van der Waals surface area contributed by atoms with Crippen LogP contribution in [0.2, 0.25) is 0 Å². The van der Waals surface area contributed by atoms with Crippen LogP contribution < -0.4 is 28.4 Å². The predicted octanol–water partition coefficient (Wildman–Crippen LogP) is 4.41. The molecule has 0 saturated heterocycles. The summed E-state index contributed by atoms with van der Waals surface area (Å²) in [6.45, 7) is 0. The fourth-order valence-corrected chi connectivity index (χ4v) is 4.79. The molecular weight excluding hydrogens is 400 g/mol. The Morgan fingerprint density at radius 2 is 0.903 bits per heavy atom. The van der Waals surface area contributed by atoms with E-state index in [-0.39, 0.29) is 17.9 Å². The van der Waals surface area contributed by atoms with Gasteiger partial charge in [-0.25, -0.2) is 0 Å². The monoisotopic (exact) mass is 432 g/mol. The standard InChI is InChI=1S/C24H32O7/c1-25-18-12-10-16(21(28-4)23(18)30-6)14-8-9-15(20(14)27-3)17-11-13-19(26-2)24(31-7)22(17)29-5/h10-15,20H,8-9H2,1-7H3/t14-,15+,20+. The Bertz CT molecular complexity index is 824. The Balaban J connectivity index is 2.06. The van der Waals surface area contributed by atoms with Crippen molar-refractivity contribution in [2.45, 2.75) is 30.8 Å². The van der Waals surface area contributed by atoms with Crippen LogP contribution in [0.15, 0.2) is 24.3 Å². The summed E-state index contributed by atoms with van der Waals surface area (Å²) in [7, 11) is 11.5. The number of rotatable bonds is 9. The van der Waals surface area contributed by atoms with Gasteiger partial charge in [-0.1, -0.05) is 12.1 Å². The van der Waals surface area contributed by atoms with Crippen molar-refractivity contribution >= 4 is 0 Å². The van der Waals surface area contributed by atoms with E-state index in [0.29, 0.717) is 34.5 Å². The number of hydrogen-bond acceptors (Lipinski definition) is 7. The molecule has 7 heteroatoms. The molecule has 1 fully saturated rings. The maximum absolute atomic E-state index is 6.05. The highest BCUT2D eigenvalue weighted by Gasteiger charge is 2.42. The third-order valence-corrected chi connectivity index (χ3v) is 6.12. The van der Waals surface area contributed by atoms with E-state index in [9.17, 15) is 0 Å². The molecular formula is C24H32O7. The van der Waals surface area contributed by atoms with E-state index in [1.807, 2.05) is 24.3 Å². The van der Waals surface area contributed by atoms with Crippen LogP contribution >= 0.6 is 0 Å². The second-order valence-electron chi connectivity index (χ2n) is 7.34. The van der Waals surface area contributed by atoms with Gasteiger partial charge in [0.05, 0.1) is 48.8 Å². The second kappa shape index (κ2) is 10.0. The van der Waals surface area contributed by atoms with E-state index < -0.39 is 0 Å². The molecule has 0 unspecified atom stereocenters. The molecule has 2 aromatic carbocycles. The molecule has 31 heavy (non-hydrogen) atoms. The van der Waals surface area contributed by atoms with Gasteiger partial charge in [0.15, 0.2) is 23.0 Å². The zero-order chi connectivity index (χ0) is 22.5. The fourth-order valence-electron chi connectivity index (χ4n) is 4.79. The first-order valence-corrected chi connectivity index (χ1v) is 10.2. The molecule has 1 aliphatic rings. The molecule has 0 spiro atoms. The van der Waals surface area contributed by atoms with Gasteiger partial charge in [0.1, 0.15) is 0 Å². The molecule has 3 rings (SSSR count). The van der Waals surface area contributed by atoms with Crippen molar-refractivity contribution in [1.29, 1.82) is 0 Å². The van der Waals surface area contributed by atoms with E-state index >= 15 is 0 Å². The van der Waals surface area contributed by atoms with Gasteiger partial charge in [0, 0.05) is 30.1 Å². The minimum Gasteiger partial charge on any atom is -0.493 e. The molecule has 0 aliphatic heterocycles. The first-order chi connectivity index (χ1) is 15.1. The van der Waals surface area contributed by atoms with Crippen molar-refractivity contribution in [1.82, 2.24) is 0 Å². The van der Waals surface area contributed by atoms with Crippen LogP contribution in [-0.2, 0) is 4.74 Å². The van der Waals surface area contributed by atoms with Crippen LogP contribution in [0.5, 0.6) is 34.5 Å². The SMILES string of the molecule is COc1ccc([C@H]2CC[C@@H](c3ccc(OC)c(OC)c3OC)[C@H]2OC)c(OC)c1OC. The van der Waals surface area contributed by atoms with E-state index in [0.717, 1.165) is 24.0 Å². The molecule has 0 amide bonds. The topological polar surface area (TPSA) is 64.6 Å². The lowest BCUT2D eigenvalue weighted by molar-refractivity contribution is 0.0791. The van der Waals surface area contributed by atoms with E-state index in [1.165, 1.54) is 0 Å². The number of hydrogen-bond donors (Lipinski definition) is 0. The summed E-state index contributed by atoms with van der Waals surface area (Å²) in [5.41, 5.74) is 2.07. The van der Waals surface area contributed by atoms with E-state index in [2.05, 4.69) is 0 Å². The molecule has 0 heterocycles. The van der Waals surface area contributed by atoms with Gasteiger partial charge in [0.2, 0.25) is 11.5 Å². The van der Waals surface area contributed by atoms with Crippen molar-refractivity contribution in [3.8, 4) is 34.5 Å². The molecule has 0 aromatic heterocycles. The lowest BCUT2D eigenvalue weighted by Crippen LogP contribution is -2.22. The quantitative estimate of drug-likeness (QED) is 0.581. The number of methoxy groups -OCH3 is 7. The largest absolute Gasteiger partial charge is 0.493 e. The van der Waals surface area contributed by atoms with Crippen LogP contribution in [0.4, 0.5) is 0 Å². The van der Waals surface area contributed by atoms with Gasteiger partial charge < -0.3 is 33.2 Å². The van der Waals surface area contributed by atoms with Gasteiger partial charge in [-0.3, -0.25) is 0 Å². The van der Waals surface area contributed by atoms with Gasteiger partial charge in [-0.15, -0.1) is 0 Å². The van der Waals surface area contributed by atoms with E-state index in [1.54, 1.807) is 49.8 Å². The van der Waals surface area contributed by atoms with E-state index in [4.69, 9.17) is 33.2 Å². The summed E-state index contributed by atoms with van der Waals surface area (Å²) in [4.78, 5) is 0. The lowest BCUT2D eigenvalue weighted by atomic mass is 9.88. The van der Waals surface area contributed by atoms with Crippen molar-refractivity contribution in [2.75, 3.05) is 49.8 Å². The Hall–Kier alpha value is -2.80. The summed E-state index contributed by atoms with van der Waals surface area (Å²) in [6, 6.07) is 7.89. The molecule has 0 bridgehead atoms. The highest BCUT2D eigenvalue weighted by atomic mass is 16.5. The van der Waals surface area contributed by atoms with Crippen LogP contribution in [0.1, 0.15) is 35.8 Å². The Labute approximate surface area is 184 Å². The number of benzene rings is 2. The fraction of sp³-hybridized carbons (Fsp3) is 0.500. The van der Waals surface area contributed by atoms with Gasteiger partial charge in [-0.2, -0.15) is 0 Å². The molecule has 2 aromatic rings.